The molecule has 1 aromatic carbocycles. The molecule has 5 rings (SSSR count). The highest BCUT2D eigenvalue weighted by Crippen LogP contribution is 2.82. The van der Waals surface area contributed by atoms with Crippen molar-refractivity contribution in [3.8, 4) is 23.6 Å². The molecule has 2 N–H and O–H groups in total. The van der Waals surface area contributed by atoms with E-state index in [1.165, 1.54) is 0 Å². The van der Waals surface area contributed by atoms with E-state index in [1.807, 2.05) is 13.0 Å². The summed E-state index contributed by atoms with van der Waals surface area (Å²) in [6.45, 7) is 2.26. The van der Waals surface area contributed by atoms with Crippen LogP contribution in [0.15, 0.2) is 23.2 Å². The number of hydrogen-bond acceptors (Lipinski definition) is 8. The van der Waals surface area contributed by atoms with Crippen LogP contribution in [-0.4, -0.2) is 31.3 Å². The van der Waals surface area contributed by atoms with Crippen molar-refractivity contribution >= 4 is 5.84 Å². The van der Waals surface area contributed by atoms with Gasteiger partial charge in [-0.2, -0.15) is 10.5 Å². The number of nitrogens with zero attached hydrogens (tertiary/aromatic N) is 3. The average Bonchev–Trinajstić information content (AvgIpc) is 2.90. The van der Waals surface area contributed by atoms with Crippen LogP contribution in [0.1, 0.15) is 18.4 Å². The molecule has 8 heteroatoms. The first kappa shape index (κ1) is 14.5. The van der Waals surface area contributed by atoms with Gasteiger partial charge in [-0.25, -0.2) is 4.99 Å². The Labute approximate surface area is 143 Å². The summed E-state index contributed by atoms with van der Waals surface area (Å²) in [5.74, 6) is -0.775. The fraction of sp³-hybridized carbons (Fsp3) is 0.471. The van der Waals surface area contributed by atoms with Gasteiger partial charge in [-0.15, -0.1) is 0 Å². The summed E-state index contributed by atoms with van der Waals surface area (Å²) in [5, 5.41) is 20.0. The SMILES string of the molecule is C[C@@H]1CO[C@]2(N=C(N)[C@]3(C#N)[C@@H](c4ccc5c(c4)OCO5)[C@@]23C#N)O1. The molecule has 4 aliphatic rings. The zero-order valence-corrected chi connectivity index (χ0v) is 13.4. The predicted molar refractivity (Wildman–Crippen MR) is 82.3 cm³/mol. The lowest BCUT2D eigenvalue weighted by atomic mass is 9.94. The van der Waals surface area contributed by atoms with Gasteiger partial charge in [0.15, 0.2) is 16.9 Å². The van der Waals surface area contributed by atoms with Gasteiger partial charge in [0, 0.05) is 5.92 Å². The van der Waals surface area contributed by atoms with Crippen molar-refractivity contribution in [2.45, 2.75) is 24.9 Å². The maximum atomic E-state index is 10.1. The van der Waals surface area contributed by atoms with E-state index < -0.39 is 22.7 Å². The van der Waals surface area contributed by atoms with E-state index in [-0.39, 0.29) is 25.3 Å². The molecule has 1 spiro atoms. The summed E-state index contributed by atoms with van der Waals surface area (Å²) >= 11 is 0. The van der Waals surface area contributed by atoms with Gasteiger partial charge in [-0.1, -0.05) is 6.07 Å². The molecule has 2 fully saturated rings. The minimum atomic E-state index is -1.54. The molecular weight excluding hydrogens is 324 g/mol. The van der Waals surface area contributed by atoms with Crippen molar-refractivity contribution < 1.29 is 18.9 Å². The standard InChI is InChI=1S/C17H14N4O4/c1-9-5-24-17(25-9)16(7-19)13(15(16,6-18)14(20)21-17)10-2-3-11-12(4-10)23-8-22-11/h2-4,9,13H,5,8H2,1H3,(H2,20,21)/t9-,13-,15+,16-,17+/m1/s1. The zero-order chi connectivity index (χ0) is 17.4. The Hall–Kier alpha value is -2.81. The molecule has 0 unspecified atom stereocenters. The van der Waals surface area contributed by atoms with Crippen molar-refractivity contribution in [3.63, 3.8) is 0 Å². The summed E-state index contributed by atoms with van der Waals surface area (Å²) in [5.41, 5.74) is 4.27. The third-order valence-electron chi connectivity index (χ3n) is 5.53. The van der Waals surface area contributed by atoms with Crippen LogP contribution in [-0.2, 0) is 9.47 Å². The number of hydrogen-bond donors (Lipinski definition) is 1. The molecule has 1 saturated heterocycles. The lowest BCUT2D eigenvalue weighted by Gasteiger charge is -2.26. The molecule has 8 nitrogen and oxygen atoms in total. The van der Waals surface area contributed by atoms with Gasteiger partial charge in [0.1, 0.15) is 11.3 Å². The fourth-order valence-corrected chi connectivity index (χ4v) is 4.45. The van der Waals surface area contributed by atoms with Crippen LogP contribution in [0.2, 0.25) is 0 Å². The molecular formula is C17H14N4O4. The summed E-state index contributed by atoms with van der Waals surface area (Å²) in [6, 6.07) is 9.85. The number of rotatable bonds is 1. The summed E-state index contributed by atoms with van der Waals surface area (Å²) in [7, 11) is 0. The van der Waals surface area contributed by atoms with Crippen LogP contribution in [0, 0.1) is 33.5 Å². The average molecular weight is 338 g/mol. The van der Waals surface area contributed by atoms with Crippen molar-refractivity contribution in [3.05, 3.63) is 23.8 Å². The van der Waals surface area contributed by atoms with Crippen molar-refractivity contribution in [2.24, 2.45) is 21.6 Å². The van der Waals surface area contributed by atoms with Crippen LogP contribution in [0.4, 0.5) is 0 Å². The minimum Gasteiger partial charge on any atom is -0.454 e. The Morgan fingerprint density at radius 1 is 1.24 bits per heavy atom. The molecule has 0 aromatic heterocycles. The molecule has 126 valence electrons. The molecule has 1 aromatic rings. The van der Waals surface area contributed by atoms with Gasteiger partial charge in [-0.3, -0.25) is 0 Å². The molecule has 0 amide bonds. The van der Waals surface area contributed by atoms with E-state index in [9.17, 15) is 10.5 Å². The van der Waals surface area contributed by atoms with Gasteiger partial charge >= 0.3 is 0 Å². The normalized spacial score (nSPS) is 42.6. The number of aliphatic imine (C=N–C) groups is 1. The number of ether oxygens (including phenoxy) is 4. The zero-order valence-electron chi connectivity index (χ0n) is 13.4. The van der Waals surface area contributed by atoms with E-state index in [0.29, 0.717) is 11.5 Å². The highest BCUT2D eigenvalue weighted by Gasteiger charge is 2.94. The number of benzene rings is 1. The maximum Gasteiger partial charge on any atom is 0.293 e. The van der Waals surface area contributed by atoms with Gasteiger partial charge in [0.25, 0.3) is 5.91 Å². The maximum absolute atomic E-state index is 10.1. The molecule has 0 bridgehead atoms. The van der Waals surface area contributed by atoms with Crippen LogP contribution in [0.25, 0.3) is 0 Å². The minimum absolute atomic E-state index is 0.0771. The smallest absolute Gasteiger partial charge is 0.293 e. The van der Waals surface area contributed by atoms with Crippen molar-refractivity contribution in [1.29, 1.82) is 10.5 Å². The number of nitriles is 2. The summed E-state index contributed by atoms with van der Waals surface area (Å²) < 4.78 is 22.4. The Morgan fingerprint density at radius 3 is 2.72 bits per heavy atom. The van der Waals surface area contributed by atoms with E-state index in [2.05, 4.69) is 17.1 Å². The van der Waals surface area contributed by atoms with Crippen LogP contribution < -0.4 is 15.2 Å². The quantitative estimate of drug-likeness (QED) is 0.810. The third-order valence-corrected chi connectivity index (χ3v) is 5.53. The van der Waals surface area contributed by atoms with Crippen LogP contribution in [0.3, 0.4) is 0 Å². The van der Waals surface area contributed by atoms with E-state index in [4.69, 9.17) is 24.7 Å². The van der Waals surface area contributed by atoms with Crippen molar-refractivity contribution in [2.75, 3.05) is 13.4 Å². The molecule has 5 atom stereocenters. The first-order valence-corrected chi connectivity index (χ1v) is 7.94. The molecule has 3 aliphatic heterocycles. The second-order valence-corrected chi connectivity index (χ2v) is 6.70. The number of amidine groups is 1. The van der Waals surface area contributed by atoms with Gasteiger partial charge < -0.3 is 24.7 Å². The largest absolute Gasteiger partial charge is 0.454 e. The molecule has 3 heterocycles. The monoisotopic (exact) mass is 338 g/mol. The molecule has 1 aliphatic carbocycles. The molecule has 1 saturated carbocycles. The summed E-state index contributed by atoms with van der Waals surface area (Å²) in [6.07, 6.45) is -0.241. The van der Waals surface area contributed by atoms with Crippen molar-refractivity contribution in [1.82, 2.24) is 0 Å². The van der Waals surface area contributed by atoms with Crippen LogP contribution >= 0.6 is 0 Å². The molecule has 25 heavy (non-hydrogen) atoms. The van der Waals surface area contributed by atoms with Crippen LogP contribution in [0.5, 0.6) is 11.5 Å². The number of fused-ring (bicyclic) bond motifs is 3. The summed E-state index contributed by atoms with van der Waals surface area (Å²) in [4.78, 5) is 4.28. The first-order valence-electron chi connectivity index (χ1n) is 7.94. The van der Waals surface area contributed by atoms with Gasteiger partial charge in [0.05, 0.1) is 24.8 Å². The van der Waals surface area contributed by atoms with Gasteiger partial charge in [-0.05, 0) is 24.6 Å². The topological polar surface area (TPSA) is 123 Å². The number of nitrogens with two attached hydrogens (primary N) is 1. The second kappa shape index (κ2) is 4.23. The predicted octanol–water partition coefficient (Wildman–Crippen LogP) is 0.992. The Balaban J connectivity index is 1.68. The van der Waals surface area contributed by atoms with E-state index in [0.717, 1.165) is 5.56 Å². The van der Waals surface area contributed by atoms with E-state index >= 15 is 0 Å². The Morgan fingerprint density at radius 2 is 2.04 bits per heavy atom. The third kappa shape index (κ3) is 1.34. The second-order valence-electron chi connectivity index (χ2n) is 6.70. The lowest BCUT2D eigenvalue weighted by Crippen LogP contribution is -2.39. The first-order chi connectivity index (χ1) is 12.0. The van der Waals surface area contributed by atoms with Gasteiger partial charge in [0.2, 0.25) is 6.79 Å². The highest BCUT2D eigenvalue weighted by atomic mass is 16.8. The Bertz CT molecular complexity index is 918. The molecule has 0 radical (unpaired) electrons. The fourth-order valence-electron chi connectivity index (χ4n) is 4.45. The highest BCUT2D eigenvalue weighted by molar-refractivity contribution is 6.00. The van der Waals surface area contributed by atoms with E-state index in [1.54, 1.807) is 12.1 Å². The lowest BCUT2D eigenvalue weighted by molar-refractivity contribution is -0.193. The Kier molecular flexibility index (Phi) is 2.46.